The fourth-order valence-electron chi connectivity index (χ4n) is 2.44. The first-order valence-corrected chi connectivity index (χ1v) is 8.51. The molecule has 0 fully saturated rings. The lowest BCUT2D eigenvalue weighted by molar-refractivity contribution is -0.121. The van der Waals surface area contributed by atoms with Crippen LogP contribution in [-0.2, 0) is 17.8 Å². The van der Waals surface area contributed by atoms with Gasteiger partial charge in [0.1, 0.15) is 6.54 Å². The lowest BCUT2D eigenvalue weighted by Crippen LogP contribution is -2.34. The maximum absolute atomic E-state index is 12.1. The van der Waals surface area contributed by atoms with E-state index in [1.165, 1.54) is 6.07 Å². The smallest absolute Gasteiger partial charge is 0.267 e. The molecule has 3 rings (SSSR count). The predicted molar refractivity (Wildman–Crippen MR) is 99.9 cm³/mol. The highest BCUT2D eigenvalue weighted by Crippen LogP contribution is 2.24. The molecule has 1 aromatic carbocycles. The van der Waals surface area contributed by atoms with Crippen LogP contribution in [0.15, 0.2) is 65.6 Å². The van der Waals surface area contributed by atoms with Crippen molar-refractivity contribution >= 4 is 17.5 Å². The Bertz CT molecular complexity index is 957. The molecule has 0 bridgehead atoms. The highest BCUT2D eigenvalue weighted by molar-refractivity contribution is 6.33. The Balaban J connectivity index is 1.65. The third kappa shape index (κ3) is 4.55. The van der Waals surface area contributed by atoms with Crippen LogP contribution in [0.3, 0.4) is 0 Å². The van der Waals surface area contributed by atoms with Crippen LogP contribution < -0.4 is 10.9 Å². The van der Waals surface area contributed by atoms with Gasteiger partial charge in [0, 0.05) is 36.5 Å². The van der Waals surface area contributed by atoms with E-state index in [-0.39, 0.29) is 18.0 Å². The normalized spacial score (nSPS) is 10.5. The molecule has 1 N–H and O–H groups in total. The zero-order valence-corrected chi connectivity index (χ0v) is 14.7. The minimum atomic E-state index is -0.347. The summed E-state index contributed by atoms with van der Waals surface area (Å²) in [6.07, 6.45) is 2.33. The minimum absolute atomic E-state index is 0.153. The monoisotopic (exact) mass is 368 g/mol. The van der Waals surface area contributed by atoms with Gasteiger partial charge in [0.05, 0.1) is 10.7 Å². The van der Waals surface area contributed by atoms with Gasteiger partial charge in [-0.3, -0.25) is 14.6 Å². The van der Waals surface area contributed by atoms with Gasteiger partial charge in [-0.15, -0.1) is 0 Å². The van der Waals surface area contributed by atoms with Crippen LogP contribution in [-0.4, -0.2) is 27.2 Å². The molecule has 0 radical (unpaired) electrons. The third-order valence-electron chi connectivity index (χ3n) is 3.74. The Morgan fingerprint density at radius 3 is 2.65 bits per heavy atom. The Kier molecular flexibility index (Phi) is 5.76. The van der Waals surface area contributed by atoms with Crippen LogP contribution in [0, 0.1) is 0 Å². The number of aromatic nitrogens is 3. The van der Waals surface area contributed by atoms with E-state index in [4.69, 9.17) is 11.6 Å². The maximum atomic E-state index is 12.1. The summed E-state index contributed by atoms with van der Waals surface area (Å²) in [5.41, 5.74) is 1.79. The molecule has 0 spiro atoms. The summed E-state index contributed by atoms with van der Waals surface area (Å²) in [7, 11) is 0. The van der Waals surface area contributed by atoms with Gasteiger partial charge >= 0.3 is 0 Å². The summed E-state index contributed by atoms with van der Waals surface area (Å²) in [5.74, 6) is -0.285. The molecule has 0 aliphatic heterocycles. The molecule has 0 saturated heterocycles. The first kappa shape index (κ1) is 17.8. The lowest BCUT2D eigenvalue weighted by Gasteiger charge is -2.09. The van der Waals surface area contributed by atoms with E-state index >= 15 is 0 Å². The second kappa shape index (κ2) is 8.40. The number of halogens is 1. The van der Waals surface area contributed by atoms with E-state index in [2.05, 4.69) is 15.4 Å². The number of nitrogens with one attached hydrogen (secondary N) is 1. The van der Waals surface area contributed by atoms with Crippen LogP contribution in [0.2, 0.25) is 5.02 Å². The average Bonchev–Trinajstić information content (AvgIpc) is 2.65. The van der Waals surface area contributed by atoms with Crippen molar-refractivity contribution in [2.45, 2.75) is 13.0 Å². The highest BCUT2D eigenvalue weighted by atomic mass is 35.5. The summed E-state index contributed by atoms with van der Waals surface area (Å²) in [4.78, 5) is 28.3. The Morgan fingerprint density at radius 2 is 1.88 bits per heavy atom. The SMILES string of the molecule is O=C(Cn1nc(-c2ccccc2Cl)ccc1=O)NCCc1ccccn1. The Labute approximate surface area is 155 Å². The first-order valence-electron chi connectivity index (χ1n) is 8.13. The van der Waals surface area contributed by atoms with Gasteiger partial charge in [0.25, 0.3) is 5.56 Å². The zero-order valence-electron chi connectivity index (χ0n) is 13.9. The number of carbonyl (C=O) groups is 1. The lowest BCUT2D eigenvalue weighted by atomic mass is 10.1. The Hall–Kier alpha value is -2.99. The van der Waals surface area contributed by atoms with Gasteiger partial charge < -0.3 is 5.32 Å². The van der Waals surface area contributed by atoms with Gasteiger partial charge in [-0.1, -0.05) is 35.9 Å². The van der Waals surface area contributed by atoms with Gasteiger partial charge in [0.2, 0.25) is 5.91 Å². The average molecular weight is 369 g/mol. The standard InChI is InChI=1S/C19H17ClN4O2/c20-16-7-2-1-6-15(16)17-8-9-19(26)24(23-17)13-18(25)22-12-10-14-5-3-4-11-21-14/h1-9,11H,10,12-13H2,(H,22,25). The van der Waals surface area contributed by atoms with Crippen molar-refractivity contribution in [3.05, 3.63) is 81.9 Å². The molecule has 6 nitrogen and oxygen atoms in total. The summed E-state index contributed by atoms with van der Waals surface area (Å²) in [6, 6.07) is 15.8. The number of amides is 1. The molecule has 3 aromatic rings. The molecule has 0 unspecified atom stereocenters. The van der Waals surface area contributed by atoms with Gasteiger partial charge in [-0.05, 0) is 24.3 Å². The van der Waals surface area contributed by atoms with Crippen LogP contribution in [0.5, 0.6) is 0 Å². The van der Waals surface area contributed by atoms with E-state index in [1.54, 1.807) is 18.3 Å². The van der Waals surface area contributed by atoms with Gasteiger partial charge in [-0.2, -0.15) is 5.10 Å². The number of carbonyl (C=O) groups excluding carboxylic acids is 1. The molecule has 0 aliphatic rings. The first-order chi connectivity index (χ1) is 12.6. The number of hydrogen-bond donors (Lipinski definition) is 1. The molecule has 0 aliphatic carbocycles. The molecule has 132 valence electrons. The van der Waals surface area contributed by atoms with E-state index in [1.807, 2.05) is 36.4 Å². The minimum Gasteiger partial charge on any atom is -0.354 e. The summed E-state index contributed by atoms with van der Waals surface area (Å²) in [6.45, 7) is 0.286. The van der Waals surface area contributed by atoms with Crippen LogP contribution in [0.4, 0.5) is 0 Å². The number of benzene rings is 1. The van der Waals surface area contributed by atoms with Crippen molar-refractivity contribution in [1.82, 2.24) is 20.1 Å². The summed E-state index contributed by atoms with van der Waals surface area (Å²) >= 11 is 6.17. The molecule has 0 saturated carbocycles. The zero-order chi connectivity index (χ0) is 18.4. The largest absolute Gasteiger partial charge is 0.354 e. The van der Waals surface area contributed by atoms with Gasteiger partial charge in [0.15, 0.2) is 0 Å². The number of rotatable bonds is 6. The number of nitrogens with zero attached hydrogens (tertiary/aromatic N) is 3. The van der Waals surface area contributed by atoms with E-state index in [0.29, 0.717) is 29.2 Å². The number of hydrogen-bond acceptors (Lipinski definition) is 4. The van der Waals surface area contributed by atoms with Crippen molar-refractivity contribution in [3.8, 4) is 11.3 Å². The second-order valence-electron chi connectivity index (χ2n) is 5.62. The van der Waals surface area contributed by atoms with E-state index in [0.717, 1.165) is 10.4 Å². The quantitative estimate of drug-likeness (QED) is 0.724. The predicted octanol–water partition coefficient (Wildman–Crippen LogP) is 2.32. The molecule has 2 heterocycles. The second-order valence-corrected chi connectivity index (χ2v) is 6.02. The fraction of sp³-hybridized carbons (Fsp3) is 0.158. The Morgan fingerprint density at radius 1 is 1.08 bits per heavy atom. The van der Waals surface area contributed by atoms with Crippen LogP contribution >= 0.6 is 11.6 Å². The van der Waals surface area contributed by atoms with Crippen molar-refractivity contribution < 1.29 is 4.79 Å². The number of pyridine rings is 1. The molecular formula is C19H17ClN4O2. The summed E-state index contributed by atoms with van der Waals surface area (Å²) in [5, 5.41) is 7.56. The van der Waals surface area contributed by atoms with Gasteiger partial charge in [-0.25, -0.2) is 4.68 Å². The topological polar surface area (TPSA) is 76.9 Å². The van der Waals surface area contributed by atoms with E-state index in [9.17, 15) is 9.59 Å². The molecule has 26 heavy (non-hydrogen) atoms. The fourth-order valence-corrected chi connectivity index (χ4v) is 2.68. The highest BCUT2D eigenvalue weighted by Gasteiger charge is 2.09. The van der Waals surface area contributed by atoms with Crippen LogP contribution in [0.1, 0.15) is 5.69 Å². The maximum Gasteiger partial charge on any atom is 0.267 e. The molecule has 2 aromatic heterocycles. The van der Waals surface area contributed by atoms with Crippen molar-refractivity contribution in [3.63, 3.8) is 0 Å². The molecule has 1 amide bonds. The third-order valence-corrected chi connectivity index (χ3v) is 4.07. The summed E-state index contributed by atoms with van der Waals surface area (Å²) < 4.78 is 1.13. The molecule has 0 atom stereocenters. The van der Waals surface area contributed by atoms with Crippen molar-refractivity contribution in [1.29, 1.82) is 0 Å². The van der Waals surface area contributed by atoms with Crippen molar-refractivity contribution in [2.75, 3.05) is 6.54 Å². The molecular weight excluding hydrogens is 352 g/mol. The van der Waals surface area contributed by atoms with E-state index < -0.39 is 0 Å². The molecule has 7 heteroatoms. The van der Waals surface area contributed by atoms with Crippen LogP contribution in [0.25, 0.3) is 11.3 Å². The van der Waals surface area contributed by atoms with Crippen molar-refractivity contribution in [2.24, 2.45) is 0 Å².